The van der Waals surface area contributed by atoms with Crippen LogP contribution in [0.25, 0.3) is 0 Å². The highest BCUT2D eigenvalue weighted by atomic mass is 35.5. The number of nitrogens with zero attached hydrogens (tertiary/aromatic N) is 1. The summed E-state index contributed by atoms with van der Waals surface area (Å²) in [5, 5.41) is 0.490. The van der Waals surface area contributed by atoms with E-state index in [4.69, 9.17) is 23.2 Å². The molecule has 18 heavy (non-hydrogen) atoms. The smallest absolute Gasteiger partial charge is 0.246 e. The van der Waals surface area contributed by atoms with Gasteiger partial charge >= 0.3 is 0 Å². The standard InChI is InChI=1S/C12H11Cl2NO2S/c1-8-5-9(2)15(7-8)18(16,17)12-6-10(13)3-4-11(12)14/h3-7H,1-2H3. The predicted octanol–water partition coefficient (Wildman–Crippen LogP) is 3.65. The van der Waals surface area contributed by atoms with Gasteiger partial charge in [-0.15, -0.1) is 0 Å². The SMILES string of the molecule is Cc1cc(C)n(S(=O)(=O)c2cc(Cl)ccc2Cl)c1. The predicted molar refractivity (Wildman–Crippen MR) is 73.0 cm³/mol. The van der Waals surface area contributed by atoms with E-state index in [-0.39, 0.29) is 9.92 Å². The zero-order valence-electron chi connectivity index (χ0n) is 9.81. The van der Waals surface area contributed by atoms with Gasteiger partial charge in [-0.2, -0.15) is 0 Å². The molecule has 0 spiro atoms. The minimum absolute atomic E-state index is 0.00960. The fraction of sp³-hybridized carbons (Fsp3) is 0.167. The number of hydrogen-bond acceptors (Lipinski definition) is 2. The quantitative estimate of drug-likeness (QED) is 0.849. The highest BCUT2D eigenvalue weighted by molar-refractivity contribution is 7.90. The van der Waals surface area contributed by atoms with Crippen molar-refractivity contribution in [2.24, 2.45) is 0 Å². The molecule has 0 aliphatic carbocycles. The van der Waals surface area contributed by atoms with Crippen LogP contribution in [0.15, 0.2) is 35.4 Å². The maximum atomic E-state index is 12.5. The molecular weight excluding hydrogens is 293 g/mol. The molecule has 0 amide bonds. The zero-order chi connectivity index (χ0) is 13.5. The van der Waals surface area contributed by atoms with Crippen molar-refractivity contribution in [1.82, 2.24) is 3.97 Å². The molecule has 0 saturated heterocycles. The molecule has 0 fully saturated rings. The molecule has 0 bridgehead atoms. The molecule has 3 nitrogen and oxygen atoms in total. The summed E-state index contributed by atoms with van der Waals surface area (Å²) in [5.41, 5.74) is 1.50. The Kier molecular flexibility index (Phi) is 3.45. The average Bonchev–Trinajstić information content (AvgIpc) is 2.62. The summed E-state index contributed by atoms with van der Waals surface area (Å²) in [6.45, 7) is 3.56. The van der Waals surface area contributed by atoms with Gasteiger partial charge in [-0.25, -0.2) is 12.4 Å². The van der Waals surface area contributed by atoms with Gasteiger partial charge in [0.2, 0.25) is 0 Å². The minimum Gasteiger partial charge on any atom is -0.246 e. The van der Waals surface area contributed by atoms with Gasteiger partial charge in [0.15, 0.2) is 0 Å². The number of halogens is 2. The second kappa shape index (κ2) is 4.61. The van der Waals surface area contributed by atoms with Crippen molar-refractivity contribution >= 4 is 33.2 Å². The Balaban J connectivity index is 2.69. The van der Waals surface area contributed by atoms with E-state index < -0.39 is 10.0 Å². The summed E-state index contributed by atoms with van der Waals surface area (Å²) in [5.74, 6) is 0. The van der Waals surface area contributed by atoms with Crippen LogP contribution in [0.1, 0.15) is 11.3 Å². The molecule has 1 aromatic heterocycles. The third-order valence-corrected chi connectivity index (χ3v) is 5.02. The molecule has 1 aromatic carbocycles. The van der Waals surface area contributed by atoms with Crippen molar-refractivity contribution in [1.29, 1.82) is 0 Å². The highest BCUT2D eigenvalue weighted by Crippen LogP contribution is 2.27. The van der Waals surface area contributed by atoms with Crippen molar-refractivity contribution in [3.63, 3.8) is 0 Å². The van der Waals surface area contributed by atoms with Crippen LogP contribution in [-0.4, -0.2) is 12.4 Å². The van der Waals surface area contributed by atoms with Crippen molar-refractivity contribution in [2.45, 2.75) is 18.7 Å². The van der Waals surface area contributed by atoms with Crippen LogP contribution < -0.4 is 0 Å². The van der Waals surface area contributed by atoms with Gasteiger partial charge in [0.05, 0.1) is 5.02 Å². The molecule has 96 valence electrons. The first kappa shape index (κ1) is 13.5. The molecular formula is C12H11Cl2NO2S. The van der Waals surface area contributed by atoms with E-state index in [1.807, 2.05) is 6.92 Å². The first-order valence-electron chi connectivity index (χ1n) is 5.18. The van der Waals surface area contributed by atoms with Crippen LogP contribution >= 0.6 is 23.2 Å². The lowest BCUT2D eigenvalue weighted by atomic mass is 10.4. The van der Waals surface area contributed by atoms with E-state index >= 15 is 0 Å². The maximum absolute atomic E-state index is 12.5. The second-order valence-electron chi connectivity index (χ2n) is 4.03. The number of hydrogen-bond donors (Lipinski definition) is 0. The summed E-state index contributed by atoms with van der Waals surface area (Å²) in [6, 6.07) is 6.17. The average molecular weight is 304 g/mol. The molecule has 1 heterocycles. The van der Waals surface area contributed by atoms with E-state index in [2.05, 4.69) is 0 Å². The summed E-state index contributed by atoms with van der Waals surface area (Å²) in [7, 11) is -3.70. The topological polar surface area (TPSA) is 39.1 Å². The van der Waals surface area contributed by atoms with E-state index in [1.54, 1.807) is 25.3 Å². The lowest BCUT2D eigenvalue weighted by Crippen LogP contribution is -2.13. The number of aromatic nitrogens is 1. The lowest BCUT2D eigenvalue weighted by Gasteiger charge is -2.10. The molecule has 0 aliphatic rings. The van der Waals surface area contributed by atoms with Crippen LogP contribution in [0.2, 0.25) is 10.0 Å². The minimum atomic E-state index is -3.70. The maximum Gasteiger partial charge on any atom is 0.269 e. The highest BCUT2D eigenvalue weighted by Gasteiger charge is 2.22. The molecule has 0 radical (unpaired) electrons. The Morgan fingerprint density at radius 1 is 1.11 bits per heavy atom. The van der Waals surface area contributed by atoms with Gasteiger partial charge in [-0.1, -0.05) is 23.2 Å². The molecule has 0 saturated carbocycles. The van der Waals surface area contributed by atoms with Gasteiger partial charge in [0.25, 0.3) is 10.0 Å². The van der Waals surface area contributed by atoms with Crippen LogP contribution in [0.5, 0.6) is 0 Å². The summed E-state index contributed by atoms with van der Waals surface area (Å²) < 4.78 is 26.1. The van der Waals surface area contributed by atoms with Crippen molar-refractivity contribution in [2.75, 3.05) is 0 Å². The Hall–Kier alpha value is -0.970. The number of rotatable bonds is 2. The van der Waals surface area contributed by atoms with Gasteiger partial charge in [-0.05, 0) is 43.7 Å². The summed E-state index contributed by atoms with van der Waals surface area (Å²) in [4.78, 5) is 0.00960. The third-order valence-electron chi connectivity index (χ3n) is 2.54. The first-order valence-corrected chi connectivity index (χ1v) is 7.38. The van der Waals surface area contributed by atoms with Crippen LogP contribution in [0.3, 0.4) is 0 Å². The Bertz CT molecular complexity index is 705. The van der Waals surface area contributed by atoms with Gasteiger partial charge in [0.1, 0.15) is 4.90 Å². The third kappa shape index (κ3) is 2.28. The van der Waals surface area contributed by atoms with Crippen molar-refractivity contribution < 1.29 is 8.42 Å². The van der Waals surface area contributed by atoms with Crippen LogP contribution in [0.4, 0.5) is 0 Å². The Labute approximate surface area is 116 Å². The molecule has 0 atom stereocenters. The Morgan fingerprint density at radius 3 is 2.33 bits per heavy atom. The summed E-state index contributed by atoms with van der Waals surface area (Å²) >= 11 is 11.8. The van der Waals surface area contributed by atoms with Crippen LogP contribution in [-0.2, 0) is 10.0 Å². The summed E-state index contributed by atoms with van der Waals surface area (Å²) in [6.07, 6.45) is 1.56. The van der Waals surface area contributed by atoms with Gasteiger partial charge < -0.3 is 0 Å². The molecule has 6 heteroatoms. The molecule has 2 aromatic rings. The fourth-order valence-electron chi connectivity index (χ4n) is 1.76. The lowest BCUT2D eigenvalue weighted by molar-refractivity contribution is 0.586. The normalized spacial score (nSPS) is 11.8. The van der Waals surface area contributed by atoms with Crippen LogP contribution in [0, 0.1) is 13.8 Å². The Morgan fingerprint density at radius 2 is 1.78 bits per heavy atom. The van der Waals surface area contributed by atoms with Gasteiger partial charge in [-0.3, -0.25) is 0 Å². The second-order valence-corrected chi connectivity index (χ2v) is 6.66. The van der Waals surface area contributed by atoms with E-state index in [0.717, 1.165) is 5.56 Å². The molecule has 0 aliphatic heterocycles. The molecule has 0 N–H and O–H groups in total. The first-order chi connectivity index (χ1) is 8.32. The van der Waals surface area contributed by atoms with E-state index in [9.17, 15) is 8.42 Å². The number of aryl methyl sites for hydroxylation is 2. The molecule has 0 unspecified atom stereocenters. The van der Waals surface area contributed by atoms with E-state index in [0.29, 0.717) is 10.7 Å². The number of benzene rings is 1. The monoisotopic (exact) mass is 303 g/mol. The van der Waals surface area contributed by atoms with Crippen molar-refractivity contribution in [3.8, 4) is 0 Å². The molecule has 2 rings (SSSR count). The van der Waals surface area contributed by atoms with E-state index in [1.165, 1.54) is 16.1 Å². The fourth-order valence-corrected chi connectivity index (χ4v) is 3.94. The zero-order valence-corrected chi connectivity index (χ0v) is 12.1. The van der Waals surface area contributed by atoms with Crippen molar-refractivity contribution in [3.05, 3.63) is 51.8 Å². The largest absolute Gasteiger partial charge is 0.269 e. The van der Waals surface area contributed by atoms with Gasteiger partial charge in [0, 0.05) is 16.9 Å².